The average molecular weight is 429 g/mol. The van der Waals surface area contributed by atoms with Crippen molar-refractivity contribution in [3.05, 3.63) is 75.4 Å². The highest BCUT2D eigenvalue weighted by molar-refractivity contribution is 6.32. The van der Waals surface area contributed by atoms with E-state index in [1.165, 1.54) is 12.1 Å². The topological polar surface area (TPSA) is 68.1 Å². The Kier molecular flexibility index (Phi) is 5.85. The third kappa shape index (κ3) is 3.84. The molecule has 0 saturated heterocycles. The number of aromatic amines is 1. The summed E-state index contributed by atoms with van der Waals surface area (Å²) in [7, 11) is 0. The van der Waals surface area contributed by atoms with Crippen LogP contribution in [-0.2, 0) is 5.41 Å². The molecule has 0 aliphatic heterocycles. The maximum Gasteiger partial charge on any atom is 0.255 e. The molecule has 6 heteroatoms. The molecule has 1 saturated carbocycles. The Bertz CT molecular complexity index is 1090. The lowest BCUT2D eigenvalue weighted by Gasteiger charge is -2.44. The van der Waals surface area contributed by atoms with Gasteiger partial charge in [-0.15, -0.1) is 0 Å². The Labute approximate surface area is 180 Å². The minimum atomic E-state index is -0.235. The summed E-state index contributed by atoms with van der Waals surface area (Å²) in [5, 5.41) is 1.77. The Morgan fingerprint density at radius 3 is 2.60 bits per heavy atom. The lowest BCUT2D eigenvalue weighted by atomic mass is 9.64. The summed E-state index contributed by atoms with van der Waals surface area (Å²) < 4.78 is 19.7. The Hall–Kier alpha value is -2.37. The molecule has 1 unspecified atom stereocenters. The van der Waals surface area contributed by atoms with Crippen LogP contribution in [0.3, 0.4) is 0 Å². The zero-order chi connectivity index (χ0) is 21.3. The van der Waals surface area contributed by atoms with Crippen molar-refractivity contribution in [3.8, 4) is 5.75 Å². The van der Waals surface area contributed by atoms with Gasteiger partial charge in [-0.2, -0.15) is 0 Å². The summed E-state index contributed by atoms with van der Waals surface area (Å²) in [6, 6.07) is 12.1. The number of benzene rings is 2. The fraction of sp³-hybridized carbons (Fsp3) is 0.375. The molecule has 4 rings (SSSR count). The van der Waals surface area contributed by atoms with Gasteiger partial charge >= 0.3 is 0 Å². The van der Waals surface area contributed by atoms with Crippen molar-refractivity contribution < 1.29 is 9.13 Å². The van der Waals surface area contributed by atoms with Crippen LogP contribution in [0, 0.1) is 5.82 Å². The van der Waals surface area contributed by atoms with Crippen LogP contribution in [0.1, 0.15) is 44.6 Å². The van der Waals surface area contributed by atoms with Gasteiger partial charge in [-0.1, -0.05) is 30.7 Å². The quantitative estimate of drug-likeness (QED) is 0.578. The first-order chi connectivity index (χ1) is 14.4. The first-order valence-corrected chi connectivity index (χ1v) is 10.8. The van der Waals surface area contributed by atoms with Crippen LogP contribution in [-0.4, -0.2) is 17.1 Å². The van der Waals surface area contributed by atoms with Gasteiger partial charge in [0.15, 0.2) is 0 Å². The number of ether oxygens (including phenoxy) is 1. The maximum atomic E-state index is 13.5. The number of rotatable bonds is 5. The molecule has 30 heavy (non-hydrogen) atoms. The SMILES string of the molecule is CCC(N)[C@]1(c2ccc(F)cc2)CC[C@@H](Oc2cc3cc[nH]c(=O)c3cc2Cl)CC1. The molecular weight excluding hydrogens is 403 g/mol. The number of fused-ring (bicyclic) bond motifs is 1. The van der Waals surface area contributed by atoms with Crippen molar-refractivity contribution in [3.63, 3.8) is 0 Å². The van der Waals surface area contributed by atoms with E-state index in [-0.39, 0.29) is 28.9 Å². The number of nitrogens with one attached hydrogen (secondary N) is 1. The Balaban J connectivity index is 1.55. The van der Waals surface area contributed by atoms with E-state index in [0.717, 1.165) is 43.1 Å². The van der Waals surface area contributed by atoms with Gasteiger partial charge in [-0.05, 0) is 73.4 Å². The molecule has 0 spiro atoms. The molecule has 1 atom stereocenters. The van der Waals surface area contributed by atoms with Crippen molar-refractivity contribution in [1.29, 1.82) is 0 Å². The number of hydrogen-bond acceptors (Lipinski definition) is 3. The van der Waals surface area contributed by atoms with Crippen molar-refractivity contribution in [2.45, 2.75) is 56.6 Å². The van der Waals surface area contributed by atoms with E-state index in [2.05, 4.69) is 11.9 Å². The lowest BCUT2D eigenvalue weighted by molar-refractivity contribution is 0.104. The van der Waals surface area contributed by atoms with Gasteiger partial charge in [0, 0.05) is 23.0 Å². The molecule has 3 N–H and O–H groups in total. The summed E-state index contributed by atoms with van der Waals surface area (Å²) in [6.07, 6.45) is 5.87. The van der Waals surface area contributed by atoms with E-state index in [1.54, 1.807) is 12.3 Å². The largest absolute Gasteiger partial charge is 0.489 e. The molecule has 1 fully saturated rings. The number of aromatic nitrogens is 1. The van der Waals surface area contributed by atoms with Gasteiger partial charge in [-0.3, -0.25) is 4.79 Å². The normalized spacial score (nSPS) is 22.7. The minimum absolute atomic E-state index is 0.0000988. The number of halogens is 2. The lowest BCUT2D eigenvalue weighted by Crippen LogP contribution is -2.48. The number of H-pyrrole nitrogens is 1. The van der Waals surface area contributed by atoms with Crippen molar-refractivity contribution in [1.82, 2.24) is 4.98 Å². The monoisotopic (exact) mass is 428 g/mol. The summed E-state index contributed by atoms with van der Waals surface area (Å²) in [6.45, 7) is 2.09. The number of pyridine rings is 1. The number of hydrogen-bond donors (Lipinski definition) is 2. The van der Waals surface area contributed by atoms with Gasteiger partial charge in [0.05, 0.1) is 11.1 Å². The van der Waals surface area contributed by atoms with Gasteiger partial charge in [0.25, 0.3) is 5.56 Å². The molecule has 0 bridgehead atoms. The molecular formula is C24H26ClFN2O2. The van der Waals surface area contributed by atoms with Crippen LogP contribution >= 0.6 is 11.6 Å². The zero-order valence-electron chi connectivity index (χ0n) is 17.0. The summed E-state index contributed by atoms with van der Waals surface area (Å²) in [4.78, 5) is 14.6. The highest BCUT2D eigenvalue weighted by Gasteiger charge is 2.41. The van der Waals surface area contributed by atoms with Crippen LogP contribution in [0.25, 0.3) is 10.8 Å². The molecule has 3 aromatic rings. The second kappa shape index (κ2) is 8.40. The molecule has 0 radical (unpaired) electrons. The molecule has 1 heterocycles. The third-order valence-corrected chi connectivity index (χ3v) is 6.81. The maximum absolute atomic E-state index is 13.5. The van der Waals surface area contributed by atoms with E-state index in [1.807, 2.05) is 24.3 Å². The Morgan fingerprint density at radius 2 is 1.93 bits per heavy atom. The van der Waals surface area contributed by atoms with Gasteiger partial charge < -0.3 is 15.5 Å². The van der Waals surface area contributed by atoms with E-state index < -0.39 is 0 Å². The molecule has 1 aliphatic carbocycles. The van der Waals surface area contributed by atoms with Crippen LogP contribution in [0.15, 0.2) is 53.5 Å². The molecule has 2 aromatic carbocycles. The van der Waals surface area contributed by atoms with Gasteiger partial charge in [0.2, 0.25) is 0 Å². The predicted octanol–water partition coefficient (Wildman–Crippen LogP) is 5.32. The second-order valence-electron chi connectivity index (χ2n) is 8.17. The summed E-state index contributed by atoms with van der Waals surface area (Å²) in [5.41, 5.74) is 7.31. The summed E-state index contributed by atoms with van der Waals surface area (Å²) >= 11 is 6.40. The van der Waals surface area contributed by atoms with Crippen LogP contribution < -0.4 is 16.0 Å². The molecule has 158 valence electrons. The third-order valence-electron chi connectivity index (χ3n) is 6.51. The zero-order valence-corrected chi connectivity index (χ0v) is 17.7. The molecule has 0 amide bonds. The van der Waals surface area contributed by atoms with Crippen LogP contribution in [0.5, 0.6) is 5.75 Å². The fourth-order valence-electron chi connectivity index (χ4n) is 4.73. The standard InChI is InChI=1S/C24H26ClFN2O2/c1-2-22(27)24(16-3-5-17(26)6-4-16)10-7-18(8-11-24)30-21-13-15-9-12-28-23(29)19(15)14-20(21)25/h3-6,9,12-14,18,22H,2,7-8,10-11,27H2,1H3,(H,28,29)/t18-,22?,24-. The van der Waals surface area contributed by atoms with Crippen molar-refractivity contribution in [2.75, 3.05) is 0 Å². The van der Waals surface area contributed by atoms with Crippen molar-refractivity contribution >= 4 is 22.4 Å². The van der Waals surface area contributed by atoms with Crippen LogP contribution in [0.2, 0.25) is 5.02 Å². The minimum Gasteiger partial charge on any atom is -0.489 e. The Morgan fingerprint density at radius 1 is 1.23 bits per heavy atom. The molecule has 1 aromatic heterocycles. The second-order valence-corrected chi connectivity index (χ2v) is 8.58. The highest BCUT2D eigenvalue weighted by atomic mass is 35.5. The van der Waals surface area contributed by atoms with E-state index in [0.29, 0.717) is 16.2 Å². The molecule has 1 aliphatic rings. The smallest absolute Gasteiger partial charge is 0.255 e. The first kappa shape index (κ1) is 20.9. The number of nitrogens with two attached hydrogens (primary N) is 1. The first-order valence-electron chi connectivity index (χ1n) is 10.4. The van der Waals surface area contributed by atoms with Gasteiger partial charge in [0.1, 0.15) is 11.6 Å². The van der Waals surface area contributed by atoms with Crippen LogP contribution in [0.4, 0.5) is 4.39 Å². The van der Waals surface area contributed by atoms with Crippen molar-refractivity contribution in [2.24, 2.45) is 5.73 Å². The average Bonchev–Trinajstić information content (AvgIpc) is 2.76. The molecule has 4 nitrogen and oxygen atoms in total. The van der Waals surface area contributed by atoms with E-state index in [9.17, 15) is 9.18 Å². The van der Waals surface area contributed by atoms with E-state index >= 15 is 0 Å². The van der Waals surface area contributed by atoms with E-state index in [4.69, 9.17) is 22.1 Å². The van der Waals surface area contributed by atoms with Gasteiger partial charge in [-0.25, -0.2) is 4.39 Å². The highest BCUT2D eigenvalue weighted by Crippen LogP contribution is 2.44. The fourth-order valence-corrected chi connectivity index (χ4v) is 4.94. The summed E-state index contributed by atoms with van der Waals surface area (Å²) in [5.74, 6) is 0.356. The predicted molar refractivity (Wildman–Crippen MR) is 119 cm³/mol.